The van der Waals surface area contributed by atoms with Crippen LogP contribution in [0, 0.1) is 30.5 Å². The number of likely N-dealkylation sites (tertiary alicyclic amines) is 1. The Labute approximate surface area is 174 Å². The molecule has 3 aromatic rings. The second-order valence-electron chi connectivity index (χ2n) is 7.55. The highest BCUT2D eigenvalue weighted by atomic mass is 19.1. The van der Waals surface area contributed by atoms with Crippen molar-refractivity contribution in [2.45, 2.75) is 32.7 Å². The standard InChI is InChI=1S/C23H22FN5O/c1-16-3-10-22(29-26-11-12-27-29)21(13-16)23(30)28-15-18(5-4-17(28)2)6-8-20-9-7-19(24)14-25-20/h3,7,9-14,17-18H,4-5,15H2,1-2H3/t17-,18+/m1/s1. The third-order valence-electron chi connectivity index (χ3n) is 5.29. The first kappa shape index (κ1) is 19.8. The number of benzene rings is 1. The van der Waals surface area contributed by atoms with Gasteiger partial charge in [0.05, 0.1) is 29.8 Å². The number of carbonyl (C=O) groups is 1. The Bertz CT molecular complexity index is 1100. The van der Waals surface area contributed by atoms with E-state index in [0.29, 0.717) is 23.5 Å². The average molecular weight is 403 g/mol. The molecule has 152 valence electrons. The van der Waals surface area contributed by atoms with Gasteiger partial charge in [-0.3, -0.25) is 4.79 Å². The fraction of sp³-hybridized carbons (Fsp3) is 0.304. The van der Waals surface area contributed by atoms with Crippen LogP contribution in [-0.4, -0.2) is 43.4 Å². The van der Waals surface area contributed by atoms with Crippen LogP contribution in [0.15, 0.2) is 48.9 Å². The van der Waals surface area contributed by atoms with E-state index < -0.39 is 0 Å². The Balaban J connectivity index is 1.58. The first-order valence-electron chi connectivity index (χ1n) is 9.92. The van der Waals surface area contributed by atoms with Crippen LogP contribution < -0.4 is 0 Å². The zero-order chi connectivity index (χ0) is 21.1. The van der Waals surface area contributed by atoms with Crippen molar-refractivity contribution in [1.82, 2.24) is 24.9 Å². The summed E-state index contributed by atoms with van der Waals surface area (Å²) in [5.74, 6) is 5.82. The van der Waals surface area contributed by atoms with Gasteiger partial charge in [-0.25, -0.2) is 9.37 Å². The monoisotopic (exact) mass is 403 g/mol. The summed E-state index contributed by atoms with van der Waals surface area (Å²) in [6.07, 6.45) is 6.11. The summed E-state index contributed by atoms with van der Waals surface area (Å²) in [7, 11) is 0. The highest BCUT2D eigenvalue weighted by Gasteiger charge is 2.30. The third-order valence-corrected chi connectivity index (χ3v) is 5.29. The van der Waals surface area contributed by atoms with Crippen LogP contribution >= 0.6 is 0 Å². The van der Waals surface area contributed by atoms with Gasteiger partial charge in [0.1, 0.15) is 11.5 Å². The van der Waals surface area contributed by atoms with E-state index in [1.807, 2.05) is 30.0 Å². The molecule has 0 aliphatic carbocycles. The highest BCUT2D eigenvalue weighted by Crippen LogP contribution is 2.26. The van der Waals surface area contributed by atoms with Crippen molar-refractivity contribution in [3.8, 4) is 17.5 Å². The topological polar surface area (TPSA) is 63.9 Å². The molecule has 1 amide bonds. The van der Waals surface area contributed by atoms with Crippen LogP contribution in [0.2, 0.25) is 0 Å². The maximum Gasteiger partial charge on any atom is 0.256 e. The van der Waals surface area contributed by atoms with Crippen LogP contribution in [0.3, 0.4) is 0 Å². The Morgan fingerprint density at radius 2 is 1.97 bits per heavy atom. The summed E-state index contributed by atoms with van der Waals surface area (Å²) < 4.78 is 13.0. The molecule has 1 saturated heterocycles. The maximum atomic E-state index is 13.5. The van der Waals surface area contributed by atoms with E-state index >= 15 is 0 Å². The van der Waals surface area contributed by atoms with Crippen molar-refractivity contribution in [2.75, 3.05) is 6.54 Å². The molecule has 1 aliphatic heterocycles. The molecule has 30 heavy (non-hydrogen) atoms. The fourth-order valence-electron chi connectivity index (χ4n) is 3.62. The van der Waals surface area contributed by atoms with Crippen LogP contribution in [0.4, 0.5) is 4.39 Å². The molecule has 0 unspecified atom stereocenters. The van der Waals surface area contributed by atoms with Crippen LogP contribution in [0.25, 0.3) is 5.69 Å². The number of pyridine rings is 1. The summed E-state index contributed by atoms with van der Waals surface area (Å²) in [5, 5.41) is 8.37. The number of piperidine rings is 1. The van der Waals surface area contributed by atoms with Crippen molar-refractivity contribution in [3.63, 3.8) is 0 Å². The molecule has 1 fully saturated rings. The van der Waals surface area contributed by atoms with E-state index in [-0.39, 0.29) is 23.7 Å². The van der Waals surface area contributed by atoms with Gasteiger partial charge in [-0.1, -0.05) is 17.6 Å². The molecule has 1 aromatic carbocycles. The van der Waals surface area contributed by atoms with Gasteiger partial charge in [-0.05, 0) is 56.9 Å². The highest BCUT2D eigenvalue weighted by molar-refractivity contribution is 5.98. The molecule has 3 heterocycles. The average Bonchev–Trinajstić information content (AvgIpc) is 3.28. The van der Waals surface area contributed by atoms with Gasteiger partial charge in [-0.2, -0.15) is 15.0 Å². The summed E-state index contributed by atoms with van der Waals surface area (Å²) >= 11 is 0. The number of amides is 1. The third kappa shape index (κ3) is 4.23. The number of hydrogen-bond acceptors (Lipinski definition) is 4. The Morgan fingerprint density at radius 1 is 1.17 bits per heavy atom. The minimum absolute atomic E-state index is 0.0353. The summed E-state index contributed by atoms with van der Waals surface area (Å²) in [5.41, 5.74) is 2.76. The lowest BCUT2D eigenvalue weighted by Gasteiger charge is -2.36. The van der Waals surface area contributed by atoms with Gasteiger partial charge in [0.2, 0.25) is 0 Å². The molecule has 6 nitrogen and oxygen atoms in total. The lowest BCUT2D eigenvalue weighted by molar-refractivity contribution is 0.0598. The van der Waals surface area contributed by atoms with E-state index in [1.165, 1.54) is 10.9 Å². The van der Waals surface area contributed by atoms with Gasteiger partial charge < -0.3 is 4.90 Å². The summed E-state index contributed by atoms with van der Waals surface area (Å²) in [4.78, 5) is 20.8. The number of aromatic nitrogens is 4. The second kappa shape index (κ2) is 8.46. The minimum atomic E-state index is -0.385. The van der Waals surface area contributed by atoms with Crippen molar-refractivity contribution in [1.29, 1.82) is 0 Å². The minimum Gasteiger partial charge on any atom is -0.335 e. The number of nitrogens with zero attached hydrogens (tertiary/aromatic N) is 5. The molecule has 2 atom stereocenters. The molecule has 0 bridgehead atoms. The van der Waals surface area contributed by atoms with Gasteiger partial charge in [-0.15, -0.1) is 0 Å². The van der Waals surface area contributed by atoms with Crippen molar-refractivity contribution >= 4 is 5.91 Å². The van der Waals surface area contributed by atoms with E-state index in [1.54, 1.807) is 18.5 Å². The second-order valence-corrected chi connectivity index (χ2v) is 7.55. The van der Waals surface area contributed by atoms with Gasteiger partial charge in [0.15, 0.2) is 0 Å². The van der Waals surface area contributed by atoms with Crippen molar-refractivity contribution < 1.29 is 9.18 Å². The molecule has 1 aliphatic rings. The summed E-state index contributed by atoms with van der Waals surface area (Å²) in [6, 6.07) is 8.71. The predicted octanol–water partition coefficient (Wildman–Crippen LogP) is 3.40. The van der Waals surface area contributed by atoms with Crippen LogP contribution in [0.1, 0.15) is 41.4 Å². The first-order valence-corrected chi connectivity index (χ1v) is 9.92. The number of halogens is 1. The van der Waals surface area contributed by atoms with Crippen LogP contribution in [0.5, 0.6) is 0 Å². The van der Waals surface area contributed by atoms with E-state index in [0.717, 1.165) is 24.6 Å². The van der Waals surface area contributed by atoms with Crippen LogP contribution in [-0.2, 0) is 0 Å². The number of aryl methyl sites for hydroxylation is 1. The van der Waals surface area contributed by atoms with Gasteiger partial charge in [0, 0.05) is 18.5 Å². The molecule has 0 radical (unpaired) electrons. The lowest BCUT2D eigenvalue weighted by atomic mass is 9.92. The zero-order valence-electron chi connectivity index (χ0n) is 16.9. The summed E-state index contributed by atoms with van der Waals surface area (Å²) in [6.45, 7) is 4.56. The SMILES string of the molecule is Cc1ccc(-n2nccn2)c(C(=O)N2C[C@H](C#Cc3ccc(F)cn3)CC[C@H]2C)c1. The molecule has 4 rings (SSSR count). The first-order chi connectivity index (χ1) is 14.5. The normalized spacial score (nSPS) is 18.6. The van der Waals surface area contributed by atoms with Crippen molar-refractivity contribution in [3.05, 3.63) is 71.6 Å². The molecule has 7 heteroatoms. The molecule has 0 N–H and O–H groups in total. The van der Waals surface area contributed by atoms with Gasteiger partial charge >= 0.3 is 0 Å². The molecular formula is C23H22FN5O. The maximum absolute atomic E-state index is 13.5. The van der Waals surface area contributed by atoms with Gasteiger partial charge in [0.25, 0.3) is 5.91 Å². The predicted molar refractivity (Wildman–Crippen MR) is 110 cm³/mol. The molecule has 0 saturated carbocycles. The fourth-order valence-corrected chi connectivity index (χ4v) is 3.62. The largest absolute Gasteiger partial charge is 0.335 e. The number of carbonyl (C=O) groups excluding carboxylic acids is 1. The van der Waals surface area contributed by atoms with Crippen molar-refractivity contribution in [2.24, 2.45) is 5.92 Å². The zero-order valence-corrected chi connectivity index (χ0v) is 16.9. The number of rotatable bonds is 2. The Hall–Kier alpha value is -3.53. The molecular weight excluding hydrogens is 381 g/mol. The quantitative estimate of drug-likeness (QED) is 0.615. The van der Waals surface area contributed by atoms with E-state index in [4.69, 9.17) is 0 Å². The number of hydrogen-bond donors (Lipinski definition) is 0. The smallest absolute Gasteiger partial charge is 0.256 e. The van der Waals surface area contributed by atoms with E-state index in [2.05, 4.69) is 33.9 Å². The van der Waals surface area contributed by atoms with E-state index in [9.17, 15) is 9.18 Å². The Morgan fingerprint density at radius 3 is 2.70 bits per heavy atom. The molecule has 2 aromatic heterocycles. The molecule has 0 spiro atoms. The Kier molecular flexibility index (Phi) is 5.57. The lowest BCUT2D eigenvalue weighted by Crippen LogP contribution is -2.45.